The highest BCUT2D eigenvalue weighted by atomic mass is 35.5. The van der Waals surface area contributed by atoms with Gasteiger partial charge in [0.15, 0.2) is 0 Å². The van der Waals surface area contributed by atoms with Crippen LogP contribution in [0.5, 0.6) is 0 Å². The zero-order chi connectivity index (χ0) is 19.7. The Morgan fingerprint density at radius 2 is 2.25 bits per heavy atom. The third kappa shape index (κ3) is 3.71. The molecule has 1 atom stereocenters. The van der Waals surface area contributed by atoms with Gasteiger partial charge in [-0.1, -0.05) is 24.6 Å². The lowest BCUT2D eigenvalue weighted by Crippen LogP contribution is -2.41. The number of rotatable bonds is 4. The van der Waals surface area contributed by atoms with Gasteiger partial charge in [0.05, 0.1) is 11.3 Å². The lowest BCUT2D eigenvalue weighted by atomic mass is 9.96. The summed E-state index contributed by atoms with van der Waals surface area (Å²) in [5.41, 5.74) is 1.68. The predicted molar refractivity (Wildman–Crippen MR) is 117 cm³/mol. The smallest absolute Gasteiger partial charge is 0.229 e. The first-order valence-electron chi connectivity index (χ1n) is 9.61. The average molecular weight is 415 g/mol. The van der Waals surface area contributed by atoms with E-state index in [0.29, 0.717) is 11.6 Å². The number of carbonyl (C=O) groups excluding carboxylic acids is 1. The van der Waals surface area contributed by atoms with Gasteiger partial charge < -0.3 is 10.2 Å². The zero-order valence-corrected chi connectivity index (χ0v) is 17.6. The van der Waals surface area contributed by atoms with Gasteiger partial charge in [0.2, 0.25) is 5.91 Å². The molecule has 0 radical (unpaired) electrons. The monoisotopic (exact) mass is 414 g/mol. The Bertz CT molecular complexity index is 1020. The molecular weight excluding hydrogens is 392 g/mol. The SMILES string of the molecule is CCc1cc2c(N3CCCC(C(=O)Nc4cccc(Cl)c4C)C3)ncnc2s1. The van der Waals surface area contributed by atoms with Crippen molar-refractivity contribution >= 4 is 50.6 Å². The van der Waals surface area contributed by atoms with Crippen LogP contribution in [0.3, 0.4) is 0 Å². The minimum absolute atomic E-state index is 0.0416. The molecule has 1 aliphatic heterocycles. The summed E-state index contributed by atoms with van der Waals surface area (Å²) < 4.78 is 0. The maximum Gasteiger partial charge on any atom is 0.229 e. The summed E-state index contributed by atoms with van der Waals surface area (Å²) in [6.07, 6.45) is 4.46. The first-order chi connectivity index (χ1) is 13.6. The molecule has 1 unspecified atom stereocenters. The van der Waals surface area contributed by atoms with Crippen LogP contribution in [0.4, 0.5) is 11.5 Å². The number of halogens is 1. The van der Waals surface area contributed by atoms with E-state index in [1.807, 2.05) is 25.1 Å². The molecule has 0 bridgehead atoms. The zero-order valence-electron chi connectivity index (χ0n) is 16.0. The number of anilines is 2. The number of thiophene rings is 1. The molecule has 146 valence electrons. The van der Waals surface area contributed by atoms with Crippen LogP contribution in [0, 0.1) is 12.8 Å². The highest BCUT2D eigenvalue weighted by Gasteiger charge is 2.28. The minimum Gasteiger partial charge on any atom is -0.355 e. The third-order valence-corrected chi connectivity index (χ3v) is 6.92. The molecule has 0 aliphatic carbocycles. The maximum absolute atomic E-state index is 12.9. The van der Waals surface area contributed by atoms with E-state index >= 15 is 0 Å². The number of aryl methyl sites for hydroxylation is 1. The second-order valence-corrected chi connectivity index (χ2v) is 8.69. The number of amides is 1. The van der Waals surface area contributed by atoms with E-state index in [2.05, 4.69) is 33.2 Å². The van der Waals surface area contributed by atoms with E-state index < -0.39 is 0 Å². The molecule has 3 aromatic rings. The van der Waals surface area contributed by atoms with Crippen LogP contribution < -0.4 is 10.2 Å². The molecule has 1 aliphatic rings. The van der Waals surface area contributed by atoms with Crippen molar-refractivity contribution in [2.24, 2.45) is 5.92 Å². The Morgan fingerprint density at radius 1 is 1.39 bits per heavy atom. The van der Waals surface area contributed by atoms with Gasteiger partial charge in [0, 0.05) is 28.7 Å². The number of carbonyl (C=O) groups is 1. The minimum atomic E-state index is -0.0820. The van der Waals surface area contributed by atoms with Crippen molar-refractivity contribution in [1.82, 2.24) is 9.97 Å². The topological polar surface area (TPSA) is 58.1 Å². The molecule has 0 saturated carbocycles. The van der Waals surface area contributed by atoms with Crippen LogP contribution in [0.1, 0.15) is 30.2 Å². The number of fused-ring (bicyclic) bond motifs is 1. The van der Waals surface area contributed by atoms with Crippen molar-refractivity contribution < 1.29 is 4.79 Å². The van der Waals surface area contributed by atoms with Gasteiger partial charge in [-0.15, -0.1) is 11.3 Å². The van der Waals surface area contributed by atoms with Crippen molar-refractivity contribution in [3.8, 4) is 0 Å². The van der Waals surface area contributed by atoms with Gasteiger partial charge in [-0.05, 0) is 49.9 Å². The molecule has 4 rings (SSSR count). The van der Waals surface area contributed by atoms with Crippen molar-refractivity contribution in [3.63, 3.8) is 0 Å². The fraction of sp³-hybridized carbons (Fsp3) is 0.381. The summed E-state index contributed by atoms with van der Waals surface area (Å²) in [6, 6.07) is 7.78. The van der Waals surface area contributed by atoms with Gasteiger partial charge >= 0.3 is 0 Å². The summed E-state index contributed by atoms with van der Waals surface area (Å²) in [7, 11) is 0. The quantitative estimate of drug-likeness (QED) is 0.647. The van der Waals surface area contributed by atoms with Gasteiger partial charge in [-0.25, -0.2) is 9.97 Å². The number of aromatic nitrogens is 2. The van der Waals surface area contributed by atoms with Crippen molar-refractivity contribution in [1.29, 1.82) is 0 Å². The Kier molecular flexibility index (Phi) is 5.51. The Balaban J connectivity index is 1.54. The molecule has 2 aromatic heterocycles. The average Bonchev–Trinajstić information content (AvgIpc) is 3.15. The Morgan fingerprint density at radius 3 is 3.07 bits per heavy atom. The van der Waals surface area contributed by atoms with Crippen LogP contribution in [0.2, 0.25) is 5.02 Å². The molecule has 3 heterocycles. The third-order valence-electron chi connectivity index (χ3n) is 5.33. The molecule has 5 nitrogen and oxygen atoms in total. The van der Waals surface area contributed by atoms with Crippen LogP contribution in [-0.4, -0.2) is 29.0 Å². The van der Waals surface area contributed by atoms with Crippen LogP contribution >= 0.6 is 22.9 Å². The standard InChI is InChI=1S/C21H23ClN4OS/c1-3-15-10-16-19(23-12-24-21(16)28-15)26-9-5-6-14(11-26)20(27)25-18-8-4-7-17(22)13(18)2/h4,7-8,10,12,14H,3,5-6,9,11H2,1-2H3,(H,25,27). The van der Waals surface area contributed by atoms with Gasteiger partial charge in [-0.3, -0.25) is 4.79 Å². The van der Waals surface area contributed by atoms with Crippen LogP contribution in [-0.2, 0) is 11.2 Å². The lowest BCUT2D eigenvalue weighted by molar-refractivity contribution is -0.120. The fourth-order valence-electron chi connectivity index (χ4n) is 3.68. The number of benzene rings is 1. The molecule has 1 amide bonds. The largest absolute Gasteiger partial charge is 0.355 e. The van der Waals surface area contributed by atoms with Gasteiger partial charge in [-0.2, -0.15) is 0 Å². The van der Waals surface area contributed by atoms with E-state index in [4.69, 9.17) is 11.6 Å². The second-order valence-electron chi connectivity index (χ2n) is 7.17. The normalized spacial score (nSPS) is 17.1. The Hall–Kier alpha value is -2.18. The summed E-state index contributed by atoms with van der Waals surface area (Å²) >= 11 is 7.90. The first-order valence-corrected chi connectivity index (χ1v) is 10.8. The fourth-order valence-corrected chi connectivity index (χ4v) is 4.78. The number of nitrogens with zero attached hydrogens (tertiary/aromatic N) is 3. The molecule has 28 heavy (non-hydrogen) atoms. The number of nitrogens with one attached hydrogen (secondary N) is 1. The van der Waals surface area contributed by atoms with E-state index in [1.54, 1.807) is 17.7 Å². The molecular formula is C21H23ClN4OS. The summed E-state index contributed by atoms with van der Waals surface area (Å²) in [5, 5.41) is 4.82. The number of hydrogen-bond acceptors (Lipinski definition) is 5. The van der Waals surface area contributed by atoms with E-state index in [-0.39, 0.29) is 11.8 Å². The van der Waals surface area contributed by atoms with E-state index in [9.17, 15) is 4.79 Å². The molecule has 0 spiro atoms. The molecule has 1 N–H and O–H groups in total. The molecule has 1 saturated heterocycles. The first kappa shape index (κ1) is 19.2. The second kappa shape index (κ2) is 8.05. The van der Waals surface area contributed by atoms with Gasteiger partial charge in [0.1, 0.15) is 17.0 Å². The predicted octanol–water partition coefficient (Wildman–Crippen LogP) is 5.07. The molecule has 7 heteroatoms. The highest BCUT2D eigenvalue weighted by molar-refractivity contribution is 7.18. The van der Waals surface area contributed by atoms with Crippen LogP contribution in [0.25, 0.3) is 10.2 Å². The summed E-state index contributed by atoms with van der Waals surface area (Å²) in [6.45, 7) is 5.64. The van der Waals surface area contributed by atoms with Crippen molar-refractivity contribution in [2.75, 3.05) is 23.3 Å². The van der Waals surface area contributed by atoms with E-state index in [1.165, 1.54) is 4.88 Å². The van der Waals surface area contributed by atoms with Crippen molar-refractivity contribution in [2.45, 2.75) is 33.1 Å². The summed E-state index contributed by atoms with van der Waals surface area (Å²) in [5.74, 6) is 0.902. The molecule has 1 fully saturated rings. The number of piperidine rings is 1. The Labute approximate surface area is 173 Å². The van der Waals surface area contributed by atoms with Crippen molar-refractivity contribution in [3.05, 3.63) is 46.1 Å². The summed E-state index contributed by atoms with van der Waals surface area (Å²) in [4.78, 5) is 26.4. The highest BCUT2D eigenvalue weighted by Crippen LogP contribution is 2.33. The van der Waals surface area contributed by atoms with Gasteiger partial charge in [0.25, 0.3) is 0 Å². The molecule has 1 aromatic carbocycles. The number of hydrogen-bond donors (Lipinski definition) is 1. The van der Waals surface area contributed by atoms with E-state index in [0.717, 1.165) is 53.1 Å². The van der Waals surface area contributed by atoms with Crippen LogP contribution in [0.15, 0.2) is 30.6 Å². The lowest BCUT2D eigenvalue weighted by Gasteiger charge is -2.33. The maximum atomic E-state index is 12.9.